The number of rotatable bonds is 14. The summed E-state index contributed by atoms with van der Waals surface area (Å²) in [6.45, 7) is 5.02. The van der Waals surface area contributed by atoms with Crippen LogP contribution >= 0.6 is 46.4 Å². The van der Waals surface area contributed by atoms with E-state index in [9.17, 15) is 0 Å². The van der Waals surface area contributed by atoms with E-state index < -0.39 is 0 Å². The number of hydrogen-bond acceptors (Lipinski definition) is 6. The van der Waals surface area contributed by atoms with Gasteiger partial charge in [-0.05, 0) is 25.0 Å². The van der Waals surface area contributed by atoms with Crippen molar-refractivity contribution in [2.45, 2.75) is 39.2 Å². The minimum atomic E-state index is 0.114. The molecule has 33 heavy (non-hydrogen) atoms. The maximum Gasteiger partial charge on any atom is 0.213 e. The molecule has 0 bridgehead atoms. The molecule has 180 valence electrons. The highest BCUT2D eigenvalue weighted by molar-refractivity contribution is 6.55. The van der Waals surface area contributed by atoms with Gasteiger partial charge in [-0.3, -0.25) is 0 Å². The van der Waals surface area contributed by atoms with Crippen LogP contribution in [0.5, 0.6) is 17.4 Å². The molecule has 2 rings (SSSR count). The van der Waals surface area contributed by atoms with Crippen molar-refractivity contribution < 1.29 is 19.0 Å². The molecule has 0 saturated heterocycles. The molecule has 0 aliphatic rings. The zero-order valence-electron chi connectivity index (χ0n) is 18.4. The highest BCUT2D eigenvalue weighted by Crippen LogP contribution is 2.37. The Morgan fingerprint density at radius 2 is 1.82 bits per heavy atom. The maximum absolute atomic E-state index is 6.25. The van der Waals surface area contributed by atoms with Crippen LogP contribution in [0.2, 0.25) is 10.0 Å². The van der Waals surface area contributed by atoms with Crippen molar-refractivity contribution in [3.63, 3.8) is 0 Å². The lowest BCUT2D eigenvalue weighted by Crippen LogP contribution is -2.06. The molecule has 0 aliphatic carbocycles. The van der Waals surface area contributed by atoms with E-state index in [0.29, 0.717) is 53.5 Å². The molecule has 0 aliphatic heterocycles. The van der Waals surface area contributed by atoms with Gasteiger partial charge >= 0.3 is 0 Å². The third kappa shape index (κ3) is 10.7. The molecule has 1 heterocycles. The monoisotopic (exact) mass is 534 g/mol. The number of halogens is 4. The minimum absolute atomic E-state index is 0.114. The van der Waals surface area contributed by atoms with Crippen LogP contribution in [-0.2, 0) is 11.3 Å². The van der Waals surface area contributed by atoms with Crippen molar-refractivity contribution in [2.24, 2.45) is 5.16 Å². The zero-order chi connectivity index (χ0) is 24.1. The van der Waals surface area contributed by atoms with E-state index in [4.69, 9.17) is 65.5 Å². The van der Waals surface area contributed by atoms with Gasteiger partial charge in [0.25, 0.3) is 0 Å². The molecular formula is C23H26Cl4N2O4. The van der Waals surface area contributed by atoms with Gasteiger partial charge in [0.2, 0.25) is 5.88 Å². The van der Waals surface area contributed by atoms with E-state index in [1.807, 2.05) is 26.0 Å². The molecule has 1 aromatic carbocycles. The van der Waals surface area contributed by atoms with E-state index in [-0.39, 0.29) is 17.2 Å². The predicted molar refractivity (Wildman–Crippen MR) is 135 cm³/mol. The zero-order valence-corrected chi connectivity index (χ0v) is 21.4. The Balaban J connectivity index is 1.71. The first kappa shape index (κ1) is 27.4. The first-order valence-electron chi connectivity index (χ1n) is 10.4. The van der Waals surface area contributed by atoms with E-state index in [0.717, 1.165) is 12.0 Å². The van der Waals surface area contributed by atoms with Crippen LogP contribution in [0, 0.1) is 0 Å². The molecule has 0 amide bonds. The van der Waals surface area contributed by atoms with Crippen molar-refractivity contribution in [3.05, 3.63) is 56.6 Å². The van der Waals surface area contributed by atoms with Crippen LogP contribution in [0.3, 0.4) is 0 Å². The molecule has 1 unspecified atom stereocenters. The van der Waals surface area contributed by atoms with Crippen molar-refractivity contribution in [1.82, 2.24) is 4.98 Å². The fourth-order valence-electron chi connectivity index (χ4n) is 2.35. The van der Waals surface area contributed by atoms with Crippen LogP contribution in [0.15, 0.2) is 46.2 Å². The molecule has 1 atom stereocenters. The summed E-state index contributed by atoms with van der Waals surface area (Å²) < 4.78 is 16.9. The number of aromatic nitrogens is 1. The normalized spacial score (nSPS) is 11.8. The highest BCUT2D eigenvalue weighted by atomic mass is 35.5. The summed E-state index contributed by atoms with van der Waals surface area (Å²) in [5.74, 6) is 1.41. The Kier molecular flexibility index (Phi) is 12.5. The summed E-state index contributed by atoms with van der Waals surface area (Å²) >= 11 is 23.6. The lowest BCUT2D eigenvalue weighted by molar-refractivity contribution is 0.0708. The van der Waals surface area contributed by atoms with Gasteiger partial charge in [-0.1, -0.05) is 64.5 Å². The fraction of sp³-hybridized carbons (Fsp3) is 0.391. The third-order valence-electron chi connectivity index (χ3n) is 4.26. The Morgan fingerprint density at radius 1 is 1.09 bits per heavy atom. The number of nitrogens with zero attached hydrogens (tertiary/aromatic N) is 2. The maximum atomic E-state index is 6.25. The number of oxime groups is 1. The number of ether oxygens (including phenoxy) is 3. The average Bonchev–Trinajstić information content (AvgIpc) is 2.78. The smallest absolute Gasteiger partial charge is 0.213 e. The molecular weight excluding hydrogens is 510 g/mol. The molecule has 0 saturated carbocycles. The van der Waals surface area contributed by atoms with Gasteiger partial charge in [-0.25, -0.2) is 4.98 Å². The summed E-state index contributed by atoms with van der Waals surface area (Å²) in [5.41, 5.74) is 1.01. The standard InChI is InChI=1S/C23H26Cl4N2O4/c1-3-16(2)33-29-9-7-17-5-6-22(28-15-17)31-10-4-11-32-23-19(24)13-18(14-20(23)25)30-12-8-21(26)27/h5-6,8-9,13-16H,3-4,7,10-12H2,1-2H3/b29-9+. The Bertz CT molecular complexity index is 896. The van der Waals surface area contributed by atoms with E-state index in [2.05, 4.69) is 10.1 Å². The Morgan fingerprint density at radius 3 is 2.45 bits per heavy atom. The molecule has 0 N–H and O–H groups in total. The fourth-order valence-corrected chi connectivity index (χ4v) is 3.05. The molecule has 6 nitrogen and oxygen atoms in total. The first-order valence-corrected chi connectivity index (χ1v) is 11.9. The van der Waals surface area contributed by atoms with Gasteiger partial charge in [0.05, 0.1) is 23.3 Å². The van der Waals surface area contributed by atoms with Crippen LogP contribution in [0.4, 0.5) is 0 Å². The minimum Gasteiger partial charge on any atom is -0.490 e. The lowest BCUT2D eigenvalue weighted by atomic mass is 10.2. The molecule has 0 radical (unpaired) electrons. The summed E-state index contributed by atoms with van der Waals surface area (Å²) in [4.78, 5) is 9.56. The SMILES string of the molecule is CCC(C)O/N=C/Cc1ccc(OCCCOc2c(Cl)cc(OCC=C(Cl)Cl)cc2Cl)nc1. The van der Waals surface area contributed by atoms with Gasteiger partial charge in [-0.15, -0.1) is 0 Å². The summed E-state index contributed by atoms with van der Waals surface area (Å²) in [6.07, 6.45) is 7.27. The molecule has 0 fully saturated rings. The number of hydrogen-bond donors (Lipinski definition) is 0. The van der Waals surface area contributed by atoms with Crippen molar-refractivity contribution in [1.29, 1.82) is 0 Å². The predicted octanol–water partition coefficient (Wildman–Crippen LogP) is 7.28. The second-order valence-electron chi connectivity index (χ2n) is 6.89. The number of pyridine rings is 1. The second kappa shape index (κ2) is 15.1. The van der Waals surface area contributed by atoms with Gasteiger partial charge in [0.15, 0.2) is 5.75 Å². The largest absolute Gasteiger partial charge is 0.490 e. The second-order valence-corrected chi connectivity index (χ2v) is 8.71. The van der Waals surface area contributed by atoms with Crippen LogP contribution in [-0.4, -0.2) is 37.1 Å². The lowest BCUT2D eigenvalue weighted by Gasteiger charge is -2.12. The van der Waals surface area contributed by atoms with E-state index in [1.165, 1.54) is 6.08 Å². The highest BCUT2D eigenvalue weighted by Gasteiger charge is 2.11. The number of benzene rings is 1. The Labute approximate surface area is 214 Å². The van der Waals surface area contributed by atoms with Crippen molar-refractivity contribution in [3.8, 4) is 17.4 Å². The first-order chi connectivity index (χ1) is 15.9. The average molecular weight is 536 g/mol. The van der Waals surface area contributed by atoms with Gasteiger partial charge in [0.1, 0.15) is 23.0 Å². The van der Waals surface area contributed by atoms with Crippen LogP contribution < -0.4 is 14.2 Å². The summed E-state index contributed by atoms with van der Waals surface area (Å²) in [7, 11) is 0. The van der Waals surface area contributed by atoms with Crippen LogP contribution in [0.25, 0.3) is 0 Å². The molecule has 10 heteroatoms. The van der Waals surface area contributed by atoms with Gasteiger partial charge in [0, 0.05) is 43.5 Å². The Hall–Kier alpha value is -1.86. The van der Waals surface area contributed by atoms with Gasteiger partial charge < -0.3 is 19.0 Å². The van der Waals surface area contributed by atoms with Gasteiger partial charge in [-0.2, -0.15) is 0 Å². The van der Waals surface area contributed by atoms with E-state index >= 15 is 0 Å². The van der Waals surface area contributed by atoms with Crippen molar-refractivity contribution >= 4 is 52.6 Å². The van der Waals surface area contributed by atoms with E-state index in [1.54, 1.807) is 24.5 Å². The molecule has 2 aromatic rings. The topological polar surface area (TPSA) is 62.2 Å². The molecule has 1 aromatic heterocycles. The third-order valence-corrected chi connectivity index (χ3v) is 5.13. The quantitative estimate of drug-likeness (QED) is 0.144. The van der Waals surface area contributed by atoms with Crippen LogP contribution in [0.1, 0.15) is 32.3 Å². The van der Waals surface area contributed by atoms with Crippen molar-refractivity contribution in [2.75, 3.05) is 19.8 Å². The molecule has 0 spiro atoms. The summed E-state index contributed by atoms with van der Waals surface area (Å²) in [6, 6.07) is 6.98. The summed E-state index contributed by atoms with van der Waals surface area (Å²) in [5, 5.41) is 4.64.